The molecule has 0 fully saturated rings. The van der Waals surface area contributed by atoms with E-state index in [0.29, 0.717) is 0 Å². The van der Waals surface area contributed by atoms with E-state index in [0.717, 1.165) is 29.2 Å². The monoisotopic (exact) mass is 210 g/mol. The summed E-state index contributed by atoms with van der Waals surface area (Å²) < 4.78 is 0. The van der Waals surface area contributed by atoms with Crippen molar-refractivity contribution in [2.24, 2.45) is 4.99 Å². The van der Waals surface area contributed by atoms with Crippen LogP contribution in [0.3, 0.4) is 0 Å². The van der Waals surface area contributed by atoms with Crippen molar-refractivity contribution in [2.45, 2.75) is 6.42 Å². The molecular weight excluding hydrogens is 196 g/mol. The highest BCUT2D eigenvalue weighted by molar-refractivity contribution is 6.30. The zero-order chi connectivity index (χ0) is 10.6. The number of halogens is 1. The molecule has 1 rings (SSSR count). The summed E-state index contributed by atoms with van der Waals surface area (Å²) >= 11 is 5.91. The van der Waals surface area contributed by atoms with Gasteiger partial charge in [0.15, 0.2) is 0 Å². The topological polar surface area (TPSA) is 15.6 Å². The second-order valence-electron chi connectivity index (χ2n) is 3.48. The molecule has 0 aliphatic carbocycles. The zero-order valence-electron chi connectivity index (χ0n) is 8.63. The average Bonchev–Trinajstić information content (AvgIpc) is 2.15. The molecule has 1 aromatic carbocycles. The van der Waals surface area contributed by atoms with E-state index >= 15 is 0 Å². The van der Waals surface area contributed by atoms with E-state index in [1.54, 1.807) is 0 Å². The van der Waals surface area contributed by atoms with Crippen molar-refractivity contribution >= 4 is 24.0 Å². The zero-order valence-corrected chi connectivity index (χ0v) is 9.38. The van der Waals surface area contributed by atoms with E-state index in [1.807, 2.05) is 32.3 Å². The molecule has 0 atom stereocenters. The minimum absolute atomic E-state index is 0.756. The molecule has 2 nitrogen and oxygen atoms in total. The highest BCUT2D eigenvalue weighted by Gasteiger charge is 2.02. The van der Waals surface area contributed by atoms with Crippen LogP contribution in [0.5, 0.6) is 0 Å². The molecular formula is C11H15ClN2. The predicted octanol–water partition coefficient (Wildman–Crippen LogP) is 2.78. The fourth-order valence-corrected chi connectivity index (χ4v) is 1.45. The number of hydrogen-bond acceptors (Lipinski definition) is 2. The Kier molecular flexibility index (Phi) is 4.11. The summed E-state index contributed by atoms with van der Waals surface area (Å²) in [6, 6.07) is 5.69. The van der Waals surface area contributed by atoms with Gasteiger partial charge < -0.3 is 4.90 Å². The molecule has 0 unspecified atom stereocenters. The molecule has 1 aromatic rings. The van der Waals surface area contributed by atoms with Crippen molar-refractivity contribution in [2.75, 3.05) is 20.6 Å². The summed E-state index contributed by atoms with van der Waals surface area (Å²) in [4.78, 5) is 6.10. The summed E-state index contributed by atoms with van der Waals surface area (Å²) in [6.45, 7) is 4.53. The lowest BCUT2D eigenvalue weighted by Crippen LogP contribution is -2.15. The van der Waals surface area contributed by atoms with E-state index in [-0.39, 0.29) is 0 Å². The first-order chi connectivity index (χ1) is 6.63. The Labute approximate surface area is 90.2 Å². The summed E-state index contributed by atoms with van der Waals surface area (Å²) in [5.41, 5.74) is 2.08. The van der Waals surface area contributed by atoms with Gasteiger partial charge >= 0.3 is 0 Å². The molecule has 0 saturated heterocycles. The fraction of sp³-hybridized carbons (Fsp3) is 0.364. The maximum atomic E-state index is 5.91. The van der Waals surface area contributed by atoms with Gasteiger partial charge in [0, 0.05) is 11.6 Å². The molecule has 14 heavy (non-hydrogen) atoms. The maximum Gasteiger partial charge on any atom is 0.0655 e. The predicted molar refractivity (Wildman–Crippen MR) is 62.9 cm³/mol. The number of hydrogen-bond donors (Lipinski definition) is 0. The molecule has 0 radical (unpaired) electrons. The second-order valence-corrected chi connectivity index (χ2v) is 3.92. The summed E-state index contributed by atoms with van der Waals surface area (Å²) in [6.07, 6.45) is 0.946. The minimum Gasteiger partial charge on any atom is -0.309 e. The molecule has 0 spiro atoms. The first kappa shape index (κ1) is 11.2. The average molecular weight is 211 g/mol. The molecule has 0 saturated carbocycles. The molecule has 0 aromatic heterocycles. The van der Waals surface area contributed by atoms with Crippen molar-refractivity contribution in [3.63, 3.8) is 0 Å². The van der Waals surface area contributed by atoms with Crippen molar-refractivity contribution in [1.29, 1.82) is 0 Å². The summed E-state index contributed by atoms with van der Waals surface area (Å²) in [5.74, 6) is 0. The molecule has 0 aliphatic rings. The number of rotatable bonds is 4. The quantitative estimate of drug-likeness (QED) is 0.698. The Balaban J connectivity index is 2.82. The van der Waals surface area contributed by atoms with Gasteiger partial charge in [0.25, 0.3) is 0 Å². The number of nitrogens with zero attached hydrogens (tertiary/aromatic N) is 2. The van der Waals surface area contributed by atoms with Gasteiger partial charge in [-0.15, -0.1) is 0 Å². The van der Waals surface area contributed by atoms with Crippen molar-refractivity contribution in [3.8, 4) is 0 Å². The maximum absolute atomic E-state index is 5.91. The number of aliphatic imine (C=N–C) groups is 1. The Morgan fingerprint density at radius 1 is 1.43 bits per heavy atom. The minimum atomic E-state index is 0.756. The van der Waals surface area contributed by atoms with Crippen LogP contribution in [0.2, 0.25) is 5.02 Å². The van der Waals surface area contributed by atoms with Crippen LogP contribution in [0.15, 0.2) is 23.2 Å². The second kappa shape index (κ2) is 5.13. The highest BCUT2D eigenvalue weighted by Crippen LogP contribution is 2.23. The van der Waals surface area contributed by atoms with E-state index in [1.165, 1.54) is 0 Å². The Bertz CT molecular complexity index is 321. The van der Waals surface area contributed by atoms with Crippen LogP contribution in [-0.2, 0) is 6.42 Å². The Morgan fingerprint density at radius 2 is 2.14 bits per heavy atom. The lowest BCUT2D eigenvalue weighted by molar-refractivity contribution is 0.414. The SMILES string of the molecule is C=Nc1ccc(Cl)cc1CCN(C)C. The standard InChI is InChI=1S/C11H15ClN2/c1-13-11-5-4-10(12)8-9(11)6-7-14(2)3/h4-5,8H,1,6-7H2,2-3H3. The molecule has 76 valence electrons. The van der Waals surface area contributed by atoms with Crippen LogP contribution >= 0.6 is 11.6 Å². The Hall–Kier alpha value is -0.860. The first-order valence-electron chi connectivity index (χ1n) is 4.53. The van der Waals surface area contributed by atoms with Crippen LogP contribution in [0.4, 0.5) is 5.69 Å². The Morgan fingerprint density at radius 3 is 2.71 bits per heavy atom. The van der Waals surface area contributed by atoms with Gasteiger partial charge in [0.05, 0.1) is 5.69 Å². The fourth-order valence-electron chi connectivity index (χ4n) is 1.25. The van der Waals surface area contributed by atoms with E-state index in [9.17, 15) is 0 Å². The first-order valence-corrected chi connectivity index (χ1v) is 4.91. The smallest absolute Gasteiger partial charge is 0.0655 e. The number of benzene rings is 1. The van der Waals surface area contributed by atoms with E-state index in [2.05, 4.69) is 16.6 Å². The third kappa shape index (κ3) is 3.13. The van der Waals surface area contributed by atoms with Gasteiger partial charge in [-0.1, -0.05) is 11.6 Å². The largest absolute Gasteiger partial charge is 0.309 e. The van der Waals surface area contributed by atoms with Gasteiger partial charge in [-0.2, -0.15) is 0 Å². The summed E-state index contributed by atoms with van der Waals surface area (Å²) in [5, 5.41) is 0.756. The van der Waals surface area contributed by atoms with Gasteiger partial charge in [-0.25, -0.2) is 0 Å². The van der Waals surface area contributed by atoms with Crippen molar-refractivity contribution in [1.82, 2.24) is 4.90 Å². The lowest BCUT2D eigenvalue weighted by atomic mass is 10.1. The van der Waals surface area contributed by atoms with Crippen LogP contribution in [0.1, 0.15) is 5.56 Å². The van der Waals surface area contributed by atoms with E-state index < -0.39 is 0 Å². The van der Waals surface area contributed by atoms with Crippen molar-refractivity contribution < 1.29 is 0 Å². The van der Waals surface area contributed by atoms with Crippen molar-refractivity contribution in [3.05, 3.63) is 28.8 Å². The van der Waals surface area contributed by atoms with Crippen LogP contribution < -0.4 is 0 Å². The third-order valence-corrected chi connectivity index (χ3v) is 2.28. The third-order valence-electron chi connectivity index (χ3n) is 2.04. The van der Waals surface area contributed by atoms with Crippen LogP contribution in [0.25, 0.3) is 0 Å². The van der Waals surface area contributed by atoms with Gasteiger partial charge in [-0.3, -0.25) is 4.99 Å². The van der Waals surface area contributed by atoms with Crippen LogP contribution in [0, 0.1) is 0 Å². The molecule has 0 N–H and O–H groups in total. The molecule has 0 bridgehead atoms. The highest BCUT2D eigenvalue weighted by atomic mass is 35.5. The molecule has 0 aliphatic heterocycles. The van der Waals surface area contributed by atoms with Crippen LogP contribution in [-0.4, -0.2) is 32.3 Å². The summed E-state index contributed by atoms with van der Waals surface area (Å²) in [7, 11) is 4.09. The van der Waals surface area contributed by atoms with E-state index in [4.69, 9.17) is 11.6 Å². The van der Waals surface area contributed by atoms with Gasteiger partial charge in [-0.05, 0) is 51.0 Å². The molecule has 0 heterocycles. The van der Waals surface area contributed by atoms with Gasteiger partial charge in [0.1, 0.15) is 0 Å². The normalized spacial score (nSPS) is 10.6. The van der Waals surface area contributed by atoms with Gasteiger partial charge in [0.2, 0.25) is 0 Å². The molecule has 0 amide bonds. The number of likely N-dealkylation sites (N-methyl/N-ethyl adjacent to an activating group) is 1. The lowest BCUT2D eigenvalue weighted by Gasteiger charge is -2.10. The molecule has 3 heteroatoms.